The van der Waals surface area contributed by atoms with Gasteiger partial charge in [-0.3, -0.25) is 19.8 Å². The van der Waals surface area contributed by atoms with E-state index in [4.69, 9.17) is 4.74 Å². The molecule has 1 aliphatic heterocycles. The van der Waals surface area contributed by atoms with E-state index >= 15 is 0 Å². The van der Waals surface area contributed by atoms with Crippen molar-refractivity contribution in [1.82, 2.24) is 10.2 Å². The summed E-state index contributed by atoms with van der Waals surface area (Å²) in [4.78, 5) is 25.1. The van der Waals surface area contributed by atoms with Gasteiger partial charge in [0, 0.05) is 17.6 Å². The molecule has 2 aromatic rings. The molecule has 1 heterocycles. The number of nitrogens with one attached hydrogen (secondary N) is 1. The topological polar surface area (TPSA) is 133 Å². The average Bonchev–Trinajstić information content (AvgIpc) is 2.99. The van der Waals surface area contributed by atoms with Crippen molar-refractivity contribution in [1.29, 1.82) is 0 Å². The van der Waals surface area contributed by atoms with Crippen LogP contribution in [0, 0.1) is 0 Å². The number of likely N-dealkylation sites (N-methyl/N-ethyl adjacent to an activating group) is 1. The summed E-state index contributed by atoms with van der Waals surface area (Å²) in [5, 5.41) is 22.9. The minimum absolute atomic E-state index is 0.0275. The van der Waals surface area contributed by atoms with E-state index in [2.05, 4.69) is 12.2 Å². The van der Waals surface area contributed by atoms with Crippen LogP contribution >= 0.6 is 0 Å². The summed E-state index contributed by atoms with van der Waals surface area (Å²) >= 11 is 0. The zero-order valence-corrected chi connectivity index (χ0v) is 24.2. The fourth-order valence-electron chi connectivity index (χ4n) is 5.34. The number of carbonyl (C=O) groups is 2. The van der Waals surface area contributed by atoms with Gasteiger partial charge in [-0.25, -0.2) is 8.42 Å². The third-order valence-corrected chi connectivity index (χ3v) is 9.96. The highest BCUT2D eigenvalue weighted by Crippen LogP contribution is 2.41. The summed E-state index contributed by atoms with van der Waals surface area (Å²) < 4.78 is 33.7. The molecule has 0 amide bonds. The zero-order chi connectivity index (χ0) is 29.0. The molecular weight excluding hydrogens is 520 g/mol. The molecule has 0 fully saturated rings. The smallest absolute Gasteiger partial charge is 0.324 e. The molecule has 0 unspecified atom stereocenters. The van der Waals surface area contributed by atoms with Crippen LogP contribution in [0.4, 0.5) is 0 Å². The van der Waals surface area contributed by atoms with Gasteiger partial charge in [-0.1, -0.05) is 57.0 Å². The minimum Gasteiger partial charge on any atom is -0.496 e. The number of nitrogens with zero attached hydrogens (tertiary/aromatic N) is 1. The van der Waals surface area contributed by atoms with Crippen LogP contribution in [0.1, 0.15) is 75.6 Å². The van der Waals surface area contributed by atoms with Crippen LogP contribution in [0.5, 0.6) is 5.75 Å². The van der Waals surface area contributed by atoms with Crippen LogP contribution in [0.25, 0.3) is 0 Å². The average molecular weight is 561 g/mol. The third-order valence-electron chi connectivity index (χ3n) is 8.00. The Morgan fingerprint density at radius 1 is 1.18 bits per heavy atom. The number of ether oxygens (including phenoxy) is 1. The highest BCUT2D eigenvalue weighted by molar-refractivity contribution is 7.91. The van der Waals surface area contributed by atoms with E-state index in [9.17, 15) is 28.2 Å². The van der Waals surface area contributed by atoms with Crippen LogP contribution in [-0.4, -0.2) is 66.5 Å². The Labute approximate surface area is 231 Å². The van der Waals surface area contributed by atoms with Gasteiger partial charge in [-0.15, -0.1) is 0 Å². The van der Waals surface area contributed by atoms with Gasteiger partial charge in [0.2, 0.25) is 0 Å². The summed E-state index contributed by atoms with van der Waals surface area (Å²) in [6.07, 6.45) is 2.53. The van der Waals surface area contributed by atoms with Gasteiger partial charge in [0.1, 0.15) is 11.3 Å². The molecule has 0 saturated heterocycles. The van der Waals surface area contributed by atoms with Crippen LogP contribution in [-0.2, 0) is 26.0 Å². The molecule has 0 aromatic heterocycles. The summed E-state index contributed by atoms with van der Waals surface area (Å²) in [6.45, 7) is 5.41. The summed E-state index contributed by atoms with van der Waals surface area (Å²) in [6, 6.07) is 12.6. The summed E-state index contributed by atoms with van der Waals surface area (Å²) in [5.74, 6) is -2.20. The predicted octanol–water partition coefficient (Wildman–Crippen LogP) is 4.25. The first kappa shape index (κ1) is 30.6. The lowest BCUT2D eigenvalue weighted by molar-refractivity contribution is -0.156. The molecule has 0 radical (unpaired) electrons. The normalized spacial score (nSPS) is 21.9. The van der Waals surface area contributed by atoms with Crippen LogP contribution in [0.2, 0.25) is 0 Å². The number of carboxylic acid groups (broad SMARTS) is 2. The van der Waals surface area contributed by atoms with E-state index in [0.717, 1.165) is 18.4 Å². The number of hydrogen-bond donors (Lipinski definition) is 3. The number of benzene rings is 2. The number of sulfone groups is 1. The minimum atomic E-state index is -3.77. The molecule has 3 atom stereocenters. The number of fused-ring (bicyclic) bond motifs is 1. The molecule has 2 aromatic carbocycles. The molecule has 0 saturated carbocycles. The number of carboxylic acids is 2. The van der Waals surface area contributed by atoms with E-state index in [1.807, 2.05) is 37.3 Å². The number of methoxy groups -OCH3 is 1. The van der Waals surface area contributed by atoms with Gasteiger partial charge in [-0.05, 0) is 50.1 Å². The van der Waals surface area contributed by atoms with E-state index in [0.29, 0.717) is 29.7 Å². The fraction of sp³-hybridized carbons (Fsp3) is 0.517. The Kier molecular flexibility index (Phi) is 9.46. The quantitative estimate of drug-likeness (QED) is 0.348. The molecular formula is C29H40N2O7S. The maximum atomic E-state index is 14.0. The van der Waals surface area contributed by atoms with Gasteiger partial charge in [0.05, 0.1) is 30.2 Å². The molecule has 214 valence electrons. The fourth-order valence-corrected chi connectivity index (χ4v) is 7.51. The van der Waals surface area contributed by atoms with E-state index < -0.39 is 45.3 Å². The molecule has 0 aliphatic carbocycles. The lowest BCUT2D eigenvalue weighted by atomic mass is 9.87. The second kappa shape index (κ2) is 12.1. The molecule has 1 aliphatic rings. The van der Waals surface area contributed by atoms with Gasteiger partial charge in [0.15, 0.2) is 9.84 Å². The molecule has 3 N–H and O–H groups in total. The third kappa shape index (κ3) is 6.45. The highest BCUT2D eigenvalue weighted by atomic mass is 32.2. The summed E-state index contributed by atoms with van der Waals surface area (Å²) in [7, 11) is -0.780. The first-order chi connectivity index (χ1) is 18.3. The number of hydrogen-bond acceptors (Lipinski definition) is 7. The summed E-state index contributed by atoms with van der Waals surface area (Å²) in [5.41, 5.74) is -0.389. The molecule has 39 heavy (non-hydrogen) atoms. The molecule has 10 heteroatoms. The van der Waals surface area contributed by atoms with Gasteiger partial charge < -0.3 is 14.9 Å². The first-order valence-corrected chi connectivity index (χ1v) is 14.9. The lowest BCUT2D eigenvalue weighted by Crippen LogP contribution is -2.51. The van der Waals surface area contributed by atoms with Crippen LogP contribution in [0.3, 0.4) is 0 Å². The maximum Gasteiger partial charge on any atom is 0.324 e. The standard InChI is InChI=1S/C29H40N2O7S/c1-6-8-14-29(7-2)19-39(36,37)24-15-21(18-31(4)28(3,27(34)35)17-25(32)33)23(38-5)16-22(24)26(30-29)20-12-10-9-11-13-20/h9-13,15-16,26,30H,6-8,14,17-19H2,1-5H3,(H,32,33)(H,34,35)/t26-,28+,29-/m1/s1. The first-order valence-electron chi connectivity index (χ1n) is 13.2. The van der Waals surface area contributed by atoms with Crippen molar-refractivity contribution in [2.45, 2.75) is 81.4 Å². The zero-order valence-electron chi connectivity index (χ0n) is 23.4. The van der Waals surface area contributed by atoms with Crippen molar-refractivity contribution >= 4 is 21.8 Å². The van der Waals surface area contributed by atoms with Gasteiger partial charge in [-0.2, -0.15) is 0 Å². The molecule has 3 rings (SSSR count). The number of rotatable bonds is 12. The van der Waals surface area contributed by atoms with E-state index in [1.54, 1.807) is 12.1 Å². The second-order valence-electron chi connectivity index (χ2n) is 10.7. The maximum absolute atomic E-state index is 14.0. The van der Waals surface area contributed by atoms with Crippen molar-refractivity contribution in [3.05, 3.63) is 59.2 Å². The Morgan fingerprint density at radius 3 is 2.38 bits per heavy atom. The Balaban J connectivity index is 2.21. The predicted molar refractivity (Wildman–Crippen MR) is 149 cm³/mol. The van der Waals surface area contributed by atoms with Gasteiger partial charge in [0.25, 0.3) is 0 Å². The highest BCUT2D eigenvalue weighted by Gasteiger charge is 2.43. The SMILES string of the molecule is CCCC[C@]1(CC)CS(=O)(=O)c2cc(CN(C)[C@@](C)(CC(=O)O)C(=O)O)c(OC)cc2[C@@H](c2ccccc2)N1. The lowest BCUT2D eigenvalue weighted by Gasteiger charge is -2.36. The van der Waals surface area contributed by atoms with Crippen molar-refractivity contribution < 1.29 is 33.0 Å². The van der Waals surface area contributed by atoms with Crippen molar-refractivity contribution in [3.8, 4) is 5.75 Å². The van der Waals surface area contributed by atoms with Crippen molar-refractivity contribution in [2.24, 2.45) is 0 Å². The Hall–Kier alpha value is -2.95. The number of unbranched alkanes of at least 4 members (excludes halogenated alkanes) is 1. The van der Waals surface area contributed by atoms with Crippen molar-refractivity contribution in [3.63, 3.8) is 0 Å². The molecule has 0 spiro atoms. The largest absolute Gasteiger partial charge is 0.496 e. The molecule has 9 nitrogen and oxygen atoms in total. The molecule has 0 bridgehead atoms. The van der Waals surface area contributed by atoms with Crippen molar-refractivity contribution in [2.75, 3.05) is 19.9 Å². The van der Waals surface area contributed by atoms with Crippen LogP contribution < -0.4 is 10.1 Å². The van der Waals surface area contributed by atoms with E-state index in [-0.39, 0.29) is 17.2 Å². The Bertz CT molecular complexity index is 1300. The second-order valence-corrected chi connectivity index (χ2v) is 12.7. The number of aliphatic carboxylic acids is 2. The van der Waals surface area contributed by atoms with Crippen LogP contribution in [0.15, 0.2) is 47.4 Å². The van der Waals surface area contributed by atoms with Gasteiger partial charge >= 0.3 is 11.9 Å². The Morgan fingerprint density at radius 2 is 1.85 bits per heavy atom. The van der Waals surface area contributed by atoms with E-state index in [1.165, 1.54) is 26.0 Å². The monoisotopic (exact) mass is 560 g/mol.